The van der Waals surface area contributed by atoms with Gasteiger partial charge in [-0.25, -0.2) is 0 Å². The van der Waals surface area contributed by atoms with Crippen molar-refractivity contribution in [1.82, 2.24) is 0 Å². The summed E-state index contributed by atoms with van der Waals surface area (Å²) in [6.07, 6.45) is 0. The first-order valence-corrected chi connectivity index (χ1v) is 4.89. The first-order valence-electron chi connectivity index (χ1n) is 3.69. The fourth-order valence-corrected chi connectivity index (χ4v) is 1.33. The van der Waals surface area contributed by atoms with E-state index in [1.807, 2.05) is 12.1 Å². The van der Waals surface area contributed by atoms with Gasteiger partial charge in [0.1, 0.15) is 16.3 Å². The molecule has 1 rings (SSSR count). The van der Waals surface area contributed by atoms with Crippen LogP contribution >= 0.6 is 11.6 Å². The molecule has 0 heterocycles. The molecule has 0 nitrogen and oxygen atoms in total. The van der Waals surface area contributed by atoms with Crippen LogP contribution in [0.5, 0.6) is 0 Å². The summed E-state index contributed by atoms with van der Waals surface area (Å²) in [7, 11) is 0. The van der Waals surface area contributed by atoms with Gasteiger partial charge in [-0.2, -0.15) is 0 Å². The first-order chi connectivity index (χ1) is 5.24. The number of benzene rings is 1. The van der Waals surface area contributed by atoms with Crippen molar-refractivity contribution in [3.63, 3.8) is 0 Å². The Bertz CT molecular complexity index is 218. The van der Waals surface area contributed by atoms with Crippen molar-refractivity contribution in [2.24, 2.45) is 0 Å². The maximum Gasteiger partial charge on any atom is 0.119 e. The van der Waals surface area contributed by atoms with E-state index in [0.29, 0.717) is 5.92 Å². The highest BCUT2D eigenvalue weighted by atomic mass is 35.5. The molecular formula is C9H10AlCl. The van der Waals surface area contributed by atoms with Gasteiger partial charge < -0.3 is 0 Å². The molecule has 0 bridgehead atoms. The maximum absolute atomic E-state index is 5.75. The monoisotopic (exact) mass is 180 g/mol. The summed E-state index contributed by atoms with van der Waals surface area (Å²) in [4.78, 5) is 0. The Morgan fingerprint density at radius 1 is 1.36 bits per heavy atom. The van der Waals surface area contributed by atoms with Crippen LogP contribution in [0, 0.1) is 0 Å². The molecule has 1 aromatic rings. The lowest BCUT2D eigenvalue weighted by Gasteiger charge is -2.08. The molecule has 1 aromatic carbocycles. The zero-order chi connectivity index (χ0) is 8.27. The van der Waals surface area contributed by atoms with Crippen LogP contribution in [0.2, 0.25) is 10.3 Å². The van der Waals surface area contributed by atoms with Crippen molar-refractivity contribution in [3.05, 3.63) is 34.9 Å². The number of halogens is 1. The largest absolute Gasteiger partial charge is 0.119 e. The summed E-state index contributed by atoms with van der Waals surface area (Å²) < 4.78 is 0. The highest BCUT2D eigenvalue weighted by molar-refractivity contribution is 6.30. The van der Waals surface area contributed by atoms with Crippen LogP contribution in [0.3, 0.4) is 0 Å². The highest BCUT2D eigenvalue weighted by Crippen LogP contribution is 2.19. The average molecular weight is 181 g/mol. The molecular weight excluding hydrogens is 171 g/mol. The van der Waals surface area contributed by atoms with Gasteiger partial charge in [0, 0.05) is 5.02 Å². The van der Waals surface area contributed by atoms with Crippen molar-refractivity contribution >= 4 is 27.9 Å². The third-order valence-corrected chi connectivity index (χ3v) is 2.75. The van der Waals surface area contributed by atoms with Crippen LogP contribution in [-0.2, 0) is 0 Å². The van der Waals surface area contributed by atoms with Crippen LogP contribution in [0.25, 0.3) is 0 Å². The summed E-state index contributed by atoms with van der Waals surface area (Å²) in [5, 5.41) is 1.91. The van der Waals surface area contributed by atoms with Gasteiger partial charge in [0.25, 0.3) is 0 Å². The molecule has 0 saturated heterocycles. The molecule has 56 valence electrons. The van der Waals surface area contributed by atoms with E-state index >= 15 is 0 Å². The molecule has 0 spiro atoms. The molecule has 2 heteroatoms. The standard InChI is InChI=1S/C9H10Cl.Al/c1-7(2)8-3-5-9(10)6-4-8;/h3-7H,1H2,2H3;. The van der Waals surface area contributed by atoms with Gasteiger partial charge in [0.2, 0.25) is 0 Å². The zero-order valence-corrected chi connectivity index (χ0v) is 8.46. The second-order valence-corrected chi connectivity index (χ2v) is 3.60. The summed E-state index contributed by atoms with van der Waals surface area (Å²) in [5.74, 6) is 0.609. The van der Waals surface area contributed by atoms with Gasteiger partial charge in [-0.05, 0) is 23.6 Å². The normalized spacial score (nSPS) is 12.9. The van der Waals surface area contributed by atoms with Crippen molar-refractivity contribution in [3.8, 4) is 0 Å². The van der Waals surface area contributed by atoms with Gasteiger partial charge in [-0.1, -0.05) is 30.7 Å². The molecule has 0 fully saturated rings. The fraction of sp³-hybridized carbons (Fsp3) is 0.333. The van der Waals surface area contributed by atoms with E-state index in [0.717, 1.165) is 10.3 Å². The third kappa shape index (κ3) is 2.52. The highest BCUT2D eigenvalue weighted by Gasteiger charge is 2.00. The van der Waals surface area contributed by atoms with Crippen molar-refractivity contribution < 1.29 is 0 Å². The first kappa shape index (κ1) is 9.13. The molecule has 0 N–H and O–H groups in total. The Kier molecular flexibility index (Phi) is 3.46. The topological polar surface area (TPSA) is 0 Å². The van der Waals surface area contributed by atoms with Crippen LogP contribution in [0.1, 0.15) is 18.4 Å². The van der Waals surface area contributed by atoms with E-state index in [9.17, 15) is 0 Å². The lowest BCUT2D eigenvalue weighted by molar-refractivity contribution is 0.864. The van der Waals surface area contributed by atoms with Crippen molar-refractivity contribution in [2.45, 2.75) is 18.1 Å². The van der Waals surface area contributed by atoms with E-state index < -0.39 is 0 Å². The van der Waals surface area contributed by atoms with Crippen molar-refractivity contribution in [2.75, 3.05) is 0 Å². The minimum Gasteiger partial charge on any atom is -0.111 e. The SMILES string of the molecule is CC([CH2][Al])c1ccc(Cl)cc1. The van der Waals surface area contributed by atoms with Crippen molar-refractivity contribution in [1.29, 1.82) is 0 Å². The molecule has 0 aromatic heterocycles. The molecule has 0 aliphatic carbocycles. The maximum atomic E-state index is 5.75. The number of rotatable bonds is 2. The predicted octanol–water partition coefficient (Wildman–Crippen LogP) is 3.03. The van der Waals surface area contributed by atoms with Crippen LogP contribution in [-0.4, -0.2) is 16.3 Å². The Balaban J connectivity index is 2.81. The second-order valence-electron chi connectivity index (χ2n) is 2.69. The quantitative estimate of drug-likeness (QED) is 0.614. The van der Waals surface area contributed by atoms with E-state index in [4.69, 9.17) is 11.6 Å². The minimum absolute atomic E-state index is 0.609. The summed E-state index contributed by atoms with van der Waals surface area (Å²) in [5.41, 5.74) is 1.35. The lowest BCUT2D eigenvalue weighted by atomic mass is 10.0. The fourth-order valence-electron chi connectivity index (χ4n) is 0.927. The smallest absolute Gasteiger partial charge is 0.111 e. The molecule has 2 radical (unpaired) electrons. The average Bonchev–Trinajstić information content (AvgIpc) is 2.05. The van der Waals surface area contributed by atoms with Gasteiger partial charge in [-0.3, -0.25) is 0 Å². The number of hydrogen-bond acceptors (Lipinski definition) is 0. The second kappa shape index (κ2) is 4.16. The van der Waals surface area contributed by atoms with E-state index in [1.165, 1.54) is 5.56 Å². The van der Waals surface area contributed by atoms with Crippen LogP contribution in [0.4, 0.5) is 0 Å². The van der Waals surface area contributed by atoms with E-state index in [-0.39, 0.29) is 0 Å². The molecule has 0 aliphatic heterocycles. The molecule has 11 heavy (non-hydrogen) atoms. The van der Waals surface area contributed by atoms with Gasteiger partial charge in [0.05, 0.1) is 0 Å². The number of hydrogen-bond donors (Lipinski definition) is 0. The van der Waals surface area contributed by atoms with Crippen LogP contribution < -0.4 is 0 Å². The summed E-state index contributed by atoms with van der Waals surface area (Å²) in [6.45, 7) is 2.20. The molecule has 1 atom stereocenters. The molecule has 0 aliphatic rings. The third-order valence-electron chi connectivity index (χ3n) is 1.79. The molecule has 0 amide bonds. The lowest BCUT2D eigenvalue weighted by Crippen LogP contribution is -1.90. The molecule has 0 saturated carbocycles. The Labute approximate surface area is 81.0 Å². The van der Waals surface area contributed by atoms with Crippen LogP contribution in [0.15, 0.2) is 24.3 Å². The minimum atomic E-state index is 0.609. The Morgan fingerprint density at radius 2 is 1.91 bits per heavy atom. The van der Waals surface area contributed by atoms with Gasteiger partial charge >= 0.3 is 0 Å². The summed E-state index contributed by atoms with van der Waals surface area (Å²) >= 11 is 8.50. The predicted molar refractivity (Wildman–Crippen MR) is 50.4 cm³/mol. The Morgan fingerprint density at radius 3 is 2.36 bits per heavy atom. The summed E-state index contributed by atoms with van der Waals surface area (Å²) in [6, 6.07) is 8.04. The molecule has 1 unspecified atom stereocenters. The zero-order valence-electron chi connectivity index (χ0n) is 6.55. The van der Waals surface area contributed by atoms with Gasteiger partial charge in [-0.15, -0.1) is 5.28 Å². The van der Waals surface area contributed by atoms with E-state index in [2.05, 4.69) is 35.3 Å². The van der Waals surface area contributed by atoms with E-state index in [1.54, 1.807) is 0 Å². The Hall–Kier alpha value is 0.0425. The van der Waals surface area contributed by atoms with Gasteiger partial charge in [0.15, 0.2) is 0 Å².